The molecular weight excluding hydrogens is 280 g/mol. The van der Waals surface area contributed by atoms with Crippen molar-refractivity contribution in [2.24, 2.45) is 0 Å². The van der Waals surface area contributed by atoms with Crippen molar-refractivity contribution in [3.8, 4) is 0 Å². The predicted molar refractivity (Wildman–Crippen MR) is 97.1 cm³/mol. The van der Waals surface area contributed by atoms with Gasteiger partial charge in [-0.25, -0.2) is 0 Å². The van der Waals surface area contributed by atoms with Crippen LogP contribution in [0.3, 0.4) is 0 Å². The minimum Gasteiger partial charge on any atom is -0.358 e. The number of hydrogen-bond acceptors (Lipinski definition) is 2. The van der Waals surface area contributed by atoms with Crippen molar-refractivity contribution < 1.29 is 0 Å². The summed E-state index contributed by atoms with van der Waals surface area (Å²) < 4.78 is 0. The standard InChI is InChI=1S/C21H26N2/c1-16-9-10-19-18(15-16)21(2)12-14-23(20(21)22(19)3)13-11-17-7-5-4-6-8-17/h4-10,15,20H,11-14H2,1-3H3/t20-,21-/m0/s1. The second-order valence-corrected chi connectivity index (χ2v) is 7.44. The van der Waals surface area contributed by atoms with E-state index in [9.17, 15) is 0 Å². The van der Waals surface area contributed by atoms with E-state index in [1.807, 2.05) is 0 Å². The van der Waals surface area contributed by atoms with Gasteiger partial charge in [-0.1, -0.05) is 55.0 Å². The van der Waals surface area contributed by atoms with E-state index in [1.54, 1.807) is 5.56 Å². The SMILES string of the molecule is Cc1ccc2c(c1)[C@]1(C)CCN(CCc3ccccc3)[C@@H]1N2C. The molecule has 0 radical (unpaired) electrons. The molecule has 2 atom stereocenters. The number of hydrogen-bond donors (Lipinski definition) is 0. The van der Waals surface area contributed by atoms with E-state index in [0.717, 1.165) is 13.0 Å². The van der Waals surface area contributed by atoms with Gasteiger partial charge in [-0.05, 0) is 37.0 Å². The first-order valence-corrected chi connectivity index (χ1v) is 8.71. The lowest BCUT2D eigenvalue weighted by molar-refractivity contribution is 0.226. The number of nitrogens with zero attached hydrogens (tertiary/aromatic N) is 2. The number of fused-ring (bicyclic) bond motifs is 3. The number of likely N-dealkylation sites (N-methyl/N-ethyl adjacent to an activating group) is 1. The van der Waals surface area contributed by atoms with E-state index in [1.165, 1.54) is 29.8 Å². The van der Waals surface area contributed by atoms with Crippen LogP contribution in [0, 0.1) is 6.92 Å². The molecule has 120 valence electrons. The van der Waals surface area contributed by atoms with Crippen LogP contribution in [-0.2, 0) is 11.8 Å². The van der Waals surface area contributed by atoms with Crippen LogP contribution in [0.25, 0.3) is 0 Å². The van der Waals surface area contributed by atoms with Gasteiger partial charge in [0.2, 0.25) is 0 Å². The lowest BCUT2D eigenvalue weighted by Gasteiger charge is -2.34. The van der Waals surface area contributed by atoms with Crippen molar-refractivity contribution in [3.63, 3.8) is 0 Å². The van der Waals surface area contributed by atoms with Gasteiger partial charge >= 0.3 is 0 Å². The molecule has 2 heterocycles. The van der Waals surface area contributed by atoms with Crippen molar-refractivity contribution >= 4 is 5.69 Å². The minimum absolute atomic E-state index is 0.271. The summed E-state index contributed by atoms with van der Waals surface area (Å²) >= 11 is 0. The maximum Gasteiger partial charge on any atom is 0.0914 e. The second kappa shape index (κ2) is 5.38. The summed E-state index contributed by atoms with van der Waals surface area (Å²) in [5.41, 5.74) is 6.06. The van der Waals surface area contributed by atoms with Crippen molar-refractivity contribution in [2.75, 3.05) is 25.0 Å². The third kappa shape index (κ3) is 2.28. The van der Waals surface area contributed by atoms with Crippen molar-refractivity contribution in [1.82, 2.24) is 4.90 Å². The Hall–Kier alpha value is -1.80. The molecular formula is C21H26N2. The van der Waals surface area contributed by atoms with Gasteiger partial charge < -0.3 is 4.90 Å². The fraction of sp³-hybridized carbons (Fsp3) is 0.429. The number of likely N-dealkylation sites (tertiary alicyclic amines) is 1. The first-order valence-electron chi connectivity index (χ1n) is 8.71. The highest BCUT2D eigenvalue weighted by atomic mass is 15.4. The largest absolute Gasteiger partial charge is 0.358 e. The zero-order valence-electron chi connectivity index (χ0n) is 14.4. The topological polar surface area (TPSA) is 6.48 Å². The summed E-state index contributed by atoms with van der Waals surface area (Å²) in [6.45, 7) is 7.01. The Kier molecular flexibility index (Phi) is 3.46. The second-order valence-electron chi connectivity index (χ2n) is 7.44. The van der Waals surface area contributed by atoms with Gasteiger partial charge in [-0.3, -0.25) is 4.90 Å². The molecule has 2 aliphatic heterocycles. The highest BCUT2D eigenvalue weighted by Crippen LogP contribution is 2.51. The number of rotatable bonds is 3. The third-order valence-corrected chi connectivity index (χ3v) is 5.88. The molecule has 0 amide bonds. The molecule has 1 fully saturated rings. The van der Waals surface area contributed by atoms with E-state index >= 15 is 0 Å². The van der Waals surface area contributed by atoms with Crippen molar-refractivity contribution in [2.45, 2.75) is 38.3 Å². The van der Waals surface area contributed by atoms with Gasteiger partial charge in [0, 0.05) is 31.2 Å². The van der Waals surface area contributed by atoms with Gasteiger partial charge in [0.1, 0.15) is 0 Å². The molecule has 2 aliphatic rings. The molecule has 2 aromatic rings. The van der Waals surface area contributed by atoms with Crippen molar-refractivity contribution in [3.05, 3.63) is 65.2 Å². The van der Waals surface area contributed by atoms with Gasteiger partial charge in [-0.15, -0.1) is 0 Å². The van der Waals surface area contributed by atoms with E-state index in [0.29, 0.717) is 6.17 Å². The first-order chi connectivity index (χ1) is 11.1. The zero-order chi connectivity index (χ0) is 16.0. The Labute approximate surface area is 139 Å². The lowest BCUT2D eigenvalue weighted by Crippen LogP contribution is -2.47. The highest BCUT2D eigenvalue weighted by molar-refractivity contribution is 5.65. The van der Waals surface area contributed by atoms with E-state index in [-0.39, 0.29) is 5.41 Å². The normalized spacial score (nSPS) is 26.4. The van der Waals surface area contributed by atoms with Gasteiger partial charge in [0.25, 0.3) is 0 Å². The summed E-state index contributed by atoms with van der Waals surface area (Å²) in [6.07, 6.45) is 2.90. The quantitative estimate of drug-likeness (QED) is 0.846. The fourth-order valence-corrected chi connectivity index (χ4v) is 4.67. The van der Waals surface area contributed by atoms with Gasteiger partial charge in [0.05, 0.1) is 6.17 Å². The summed E-state index contributed by atoms with van der Waals surface area (Å²) in [7, 11) is 2.27. The molecule has 0 aliphatic carbocycles. The average Bonchev–Trinajstić information content (AvgIpc) is 3.00. The number of benzene rings is 2. The van der Waals surface area contributed by atoms with Crippen LogP contribution < -0.4 is 4.90 Å². The monoisotopic (exact) mass is 306 g/mol. The maximum absolute atomic E-state index is 2.68. The maximum atomic E-state index is 2.68. The number of anilines is 1. The molecule has 1 saturated heterocycles. The van der Waals surface area contributed by atoms with Crippen LogP contribution in [0.4, 0.5) is 5.69 Å². The average molecular weight is 306 g/mol. The molecule has 4 rings (SSSR count). The van der Waals surface area contributed by atoms with Crippen LogP contribution in [0.15, 0.2) is 48.5 Å². The summed E-state index contributed by atoms with van der Waals surface area (Å²) in [5, 5.41) is 0. The van der Waals surface area contributed by atoms with E-state index in [2.05, 4.69) is 79.2 Å². The Bertz CT molecular complexity index is 709. The molecule has 0 spiro atoms. The Balaban J connectivity index is 1.58. The first kappa shape index (κ1) is 14.8. The molecule has 0 saturated carbocycles. The third-order valence-electron chi connectivity index (χ3n) is 5.88. The molecule has 0 N–H and O–H groups in total. The zero-order valence-corrected chi connectivity index (χ0v) is 14.4. The molecule has 23 heavy (non-hydrogen) atoms. The molecule has 2 heteroatoms. The van der Waals surface area contributed by atoms with Gasteiger partial charge in [0.15, 0.2) is 0 Å². The van der Waals surface area contributed by atoms with Crippen LogP contribution in [0.5, 0.6) is 0 Å². The lowest BCUT2D eigenvalue weighted by atomic mass is 9.81. The minimum atomic E-state index is 0.271. The molecule has 0 unspecified atom stereocenters. The molecule has 2 aromatic carbocycles. The van der Waals surface area contributed by atoms with Gasteiger partial charge in [-0.2, -0.15) is 0 Å². The van der Waals surface area contributed by atoms with Crippen LogP contribution in [0.2, 0.25) is 0 Å². The summed E-state index contributed by atoms with van der Waals surface area (Å²) in [4.78, 5) is 5.19. The Morgan fingerprint density at radius 3 is 2.70 bits per heavy atom. The van der Waals surface area contributed by atoms with Crippen LogP contribution in [0.1, 0.15) is 30.0 Å². The predicted octanol–water partition coefficient (Wildman–Crippen LogP) is 3.98. The smallest absolute Gasteiger partial charge is 0.0914 e. The number of aryl methyl sites for hydroxylation is 1. The molecule has 2 nitrogen and oxygen atoms in total. The fourth-order valence-electron chi connectivity index (χ4n) is 4.67. The molecule has 0 bridgehead atoms. The summed E-state index contributed by atoms with van der Waals surface area (Å²) in [5.74, 6) is 0. The van der Waals surface area contributed by atoms with Crippen LogP contribution >= 0.6 is 0 Å². The highest BCUT2D eigenvalue weighted by Gasteiger charge is 2.52. The van der Waals surface area contributed by atoms with Crippen molar-refractivity contribution in [1.29, 1.82) is 0 Å². The molecule has 0 aromatic heterocycles. The van der Waals surface area contributed by atoms with Crippen LogP contribution in [-0.4, -0.2) is 31.2 Å². The van der Waals surface area contributed by atoms with E-state index in [4.69, 9.17) is 0 Å². The Morgan fingerprint density at radius 1 is 1.13 bits per heavy atom. The summed E-state index contributed by atoms with van der Waals surface area (Å²) in [6, 6.07) is 17.8. The Morgan fingerprint density at radius 2 is 1.91 bits per heavy atom. The van der Waals surface area contributed by atoms with E-state index < -0.39 is 0 Å².